The van der Waals surface area contributed by atoms with Crippen molar-refractivity contribution in [1.29, 1.82) is 0 Å². The van der Waals surface area contributed by atoms with Gasteiger partial charge in [0.2, 0.25) is 5.88 Å². The first kappa shape index (κ1) is 12.7. The van der Waals surface area contributed by atoms with E-state index in [2.05, 4.69) is 23.8 Å². The molecule has 0 aliphatic rings. The van der Waals surface area contributed by atoms with Crippen LogP contribution in [-0.4, -0.2) is 15.1 Å². The van der Waals surface area contributed by atoms with E-state index in [1.54, 1.807) is 0 Å². The highest BCUT2D eigenvalue weighted by atomic mass is 16.3. The zero-order valence-electron chi connectivity index (χ0n) is 10.2. The molecule has 0 unspecified atom stereocenters. The summed E-state index contributed by atoms with van der Waals surface area (Å²) in [7, 11) is 0. The predicted octanol–water partition coefficient (Wildman–Crippen LogP) is 2.02. The maximum atomic E-state index is 11.6. The zero-order chi connectivity index (χ0) is 12.1. The zero-order valence-corrected chi connectivity index (χ0v) is 10.2. The molecular formula is C12H20N2O2. The molecule has 1 heterocycles. The van der Waals surface area contributed by atoms with E-state index < -0.39 is 0 Å². The van der Waals surface area contributed by atoms with Gasteiger partial charge in [-0.05, 0) is 18.8 Å². The van der Waals surface area contributed by atoms with Crippen LogP contribution in [0.25, 0.3) is 0 Å². The molecule has 0 aromatic carbocycles. The topological polar surface area (TPSA) is 66.0 Å². The Morgan fingerprint density at radius 3 is 2.56 bits per heavy atom. The van der Waals surface area contributed by atoms with Gasteiger partial charge in [0.1, 0.15) is 5.82 Å². The average Bonchev–Trinajstić information content (AvgIpc) is 2.20. The average molecular weight is 224 g/mol. The Morgan fingerprint density at radius 1 is 1.38 bits per heavy atom. The number of aromatic nitrogens is 2. The van der Waals surface area contributed by atoms with Gasteiger partial charge in [-0.2, -0.15) is 0 Å². The molecule has 16 heavy (non-hydrogen) atoms. The van der Waals surface area contributed by atoms with Crippen molar-refractivity contribution in [2.45, 2.75) is 46.5 Å². The molecule has 0 saturated heterocycles. The number of nitrogens with one attached hydrogen (secondary N) is 1. The highest BCUT2D eigenvalue weighted by Gasteiger charge is 2.09. The van der Waals surface area contributed by atoms with Gasteiger partial charge in [-0.3, -0.25) is 4.79 Å². The number of hydrogen-bond acceptors (Lipinski definition) is 3. The summed E-state index contributed by atoms with van der Waals surface area (Å²) in [5.41, 5.74) is 0.198. The third-order valence-electron chi connectivity index (χ3n) is 2.50. The molecule has 1 aromatic rings. The van der Waals surface area contributed by atoms with E-state index in [0.29, 0.717) is 30.1 Å². The maximum Gasteiger partial charge on any atom is 0.257 e. The minimum atomic E-state index is -0.201. The molecule has 90 valence electrons. The van der Waals surface area contributed by atoms with E-state index >= 15 is 0 Å². The molecule has 0 aliphatic carbocycles. The summed E-state index contributed by atoms with van der Waals surface area (Å²) in [5, 5.41) is 9.64. The first-order chi connectivity index (χ1) is 7.54. The van der Waals surface area contributed by atoms with Gasteiger partial charge in [-0.25, -0.2) is 4.98 Å². The van der Waals surface area contributed by atoms with Crippen molar-refractivity contribution >= 4 is 0 Å². The third kappa shape index (κ3) is 3.36. The van der Waals surface area contributed by atoms with Crippen molar-refractivity contribution in [3.05, 3.63) is 21.7 Å². The highest BCUT2D eigenvalue weighted by molar-refractivity contribution is 5.22. The van der Waals surface area contributed by atoms with Gasteiger partial charge in [0.15, 0.2) is 0 Å². The molecule has 1 aromatic heterocycles. The Morgan fingerprint density at radius 2 is 2.06 bits per heavy atom. The number of nitrogens with zero attached hydrogens (tertiary/aromatic N) is 1. The smallest absolute Gasteiger partial charge is 0.257 e. The van der Waals surface area contributed by atoms with Crippen LogP contribution in [0, 0.1) is 5.92 Å². The fourth-order valence-corrected chi connectivity index (χ4v) is 1.55. The van der Waals surface area contributed by atoms with Crippen molar-refractivity contribution < 1.29 is 5.11 Å². The molecule has 2 N–H and O–H groups in total. The molecule has 0 radical (unpaired) electrons. The van der Waals surface area contributed by atoms with Crippen molar-refractivity contribution in [1.82, 2.24) is 9.97 Å². The molecule has 0 spiro atoms. The van der Waals surface area contributed by atoms with Crippen molar-refractivity contribution in [3.63, 3.8) is 0 Å². The van der Waals surface area contributed by atoms with Crippen LogP contribution in [-0.2, 0) is 12.8 Å². The van der Waals surface area contributed by atoms with Gasteiger partial charge >= 0.3 is 0 Å². The van der Waals surface area contributed by atoms with Gasteiger partial charge in [0.25, 0.3) is 5.56 Å². The lowest BCUT2D eigenvalue weighted by atomic mass is 10.1. The van der Waals surface area contributed by atoms with Crippen LogP contribution >= 0.6 is 0 Å². The van der Waals surface area contributed by atoms with Crippen LogP contribution in [0.3, 0.4) is 0 Å². The first-order valence-corrected chi connectivity index (χ1v) is 5.85. The second kappa shape index (κ2) is 5.68. The fraction of sp³-hybridized carbons (Fsp3) is 0.667. The maximum absolute atomic E-state index is 11.6. The van der Waals surface area contributed by atoms with E-state index in [0.717, 1.165) is 12.8 Å². The van der Waals surface area contributed by atoms with Gasteiger partial charge < -0.3 is 10.1 Å². The summed E-state index contributed by atoms with van der Waals surface area (Å²) in [6.07, 6.45) is 3.05. The molecule has 4 heteroatoms. The number of hydrogen-bond donors (Lipinski definition) is 2. The molecule has 0 aliphatic heterocycles. The number of H-pyrrole nitrogens is 1. The first-order valence-electron chi connectivity index (χ1n) is 5.85. The van der Waals surface area contributed by atoms with Gasteiger partial charge in [-0.15, -0.1) is 0 Å². The monoisotopic (exact) mass is 224 g/mol. The number of aromatic amines is 1. The second-order valence-corrected chi connectivity index (χ2v) is 4.50. The van der Waals surface area contributed by atoms with Crippen LogP contribution in [0.4, 0.5) is 0 Å². The summed E-state index contributed by atoms with van der Waals surface area (Å²) in [6.45, 7) is 6.19. The lowest BCUT2D eigenvalue weighted by molar-refractivity contribution is 0.436. The minimum absolute atomic E-state index is 0.107. The molecule has 0 atom stereocenters. The summed E-state index contributed by atoms with van der Waals surface area (Å²) in [6, 6.07) is 0. The number of aryl methyl sites for hydroxylation is 1. The highest BCUT2D eigenvalue weighted by Crippen LogP contribution is 2.12. The van der Waals surface area contributed by atoms with Crippen LogP contribution in [0.1, 0.15) is 45.0 Å². The van der Waals surface area contributed by atoms with E-state index in [9.17, 15) is 9.90 Å². The predicted molar refractivity (Wildman–Crippen MR) is 63.7 cm³/mol. The van der Waals surface area contributed by atoms with Crippen LogP contribution < -0.4 is 5.56 Å². The summed E-state index contributed by atoms with van der Waals surface area (Å²) >= 11 is 0. The van der Waals surface area contributed by atoms with Crippen molar-refractivity contribution in [2.75, 3.05) is 0 Å². The van der Waals surface area contributed by atoms with Gasteiger partial charge in [0.05, 0.1) is 5.56 Å². The van der Waals surface area contributed by atoms with Crippen LogP contribution in [0.15, 0.2) is 4.79 Å². The fourth-order valence-electron chi connectivity index (χ4n) is 1.55. The van der Waals surface area contributed by atoms with E-state index in [1.807, 2.05) is 6.92 Å². The Labute approximate surface area is 95.7 Å². The molecule has 0 bridgehead atoms. The Balaban J connectivity index is 2.87. The minimum Gasteiger partial charge on any atom is -0.493 e. The van der Waals surface area contributed by atoms with Crippen LogP contribution in [0.2, 0.25) is 0 Å². The summed E-state index contributed by atoms with van der Waals surface area (Å²) < 4.78 is 0. The largest absolute Gasteiger partial charge is 0.493 e. The lowest BCUT2D eigenvalue weighted by Crippen LogP contribution is -2.17. The molecule has 0 fully saturated rings. The van der Waals surface area contributed by atoms with E-state index in [-0.39, 0.29) is 11.4 Å². The lowest BCUT2D eigenvalue weighted by Gasteiger charge is -2.06. The molecule has 0 amide bonds. The van der Waals surface area contributed by atoms with E-state index in [4.69, 9.17) is 0 Å². The summed E-state index contributed by atoms with van der Waals surface area (Å²) in [5.74, 6) is 1.03. The van der Waals surface area contributed by atoms with Gasteiger partial charge in [0, 0.05) is 6.42 Å². The Kier molecular flexibility index (Phi) is 4.52. The summed E-state index contributed by atoms with van der Waals surface area (Å²) in [4.78, 5) is 18.4. The SMILES string of the molecule is CCCc1c(O)nc(CCC(C)C)[nH]c1=O. The molecule has 1 rings (SSSR count). The standard InChI is InChI=1S/C12H20N2O2/c1-4-5-9-11(15)13-10(14-12(9)16)7-6-8(2)3/h8H,4-7H2,1-3H3,(H2,13,14,15,16). The van der Waals surface area contributed by atoms with Crippen LogP contribution in [0.5, 0.6) is 5.88 Å². The molecular weight excluding hydrogens is 204 g/mol. The normalized spacial score (nSPS) is 11.0. The van der Waals surface area contributed by atoms with Crippen molar-refractivity contribution in [3.8, 4) is 5.88 Å². The quantitative estimate of drug-likeness (QED) is 0.804. The third-order valence-corrected chi connectivity index (χ3v) is 2.50. The molecule has 0 saturated carbocycles. The van der Waals surface area contributed by atoms with Crippen molar-refractivity contribution in [2.24, 2.45) is 5.92 Å². The second-order valence-electron chi connectivity index (χ2n) is 4.50. The van der Waals surface area contributed by atoms with Gasteiger partial charge in [-0.1, -0.05) is 27.2 Å². The van der Waals surface area contributed by atoms with E-state index in [1.165, 1.54) is 0 Å². The molecule has 4 nitrogen and oxygen atoms in total. The number of rotatable bonds is 5. The Bertz CT molecular complexity index is 396. The Hall–Kier alpha value is -1.32. The number of aromatic hydroxyl groups is 1.